The molecule has 2 amide bonds. The number of thioether (sulfide) groups is 1. The smallest absolute Gasteiger partial charge is 0.254 e. The summed E-state index contributed by atoms with van der Waals surface area (Å²) >= 11 is 1.53. The van der Waals surface area contributed by atoms with Gasteiger partial charge in [-0.15, -0.1) is 11.8 Å². The number of nitrogens with one attached hydrogen (secondary N) is 2. The Kier molecular flexibility index (Phi) is 7.08. The van der Waals surface area contributed by atoms with Crippen LogP contribution in [0, 0.1) is 0 Å². The van der Waals surface area contributed by atoms with Crippen LogP contribution < -0.4 is 10.6 Å². The number of aromatic nitrogens is 1. The highest BCUT2D eigenvalue weighted by atomic mass is 32.2. The molecule has 0 aliphatic rings. The predicted octanol–water partition coefficient (Wildman–Crippen LogP) is 1.84. The van der Waals surface area contributed by atoms with Crippen LogP contribution in [-0.2, 0) is 4.79 Å². The van der Waals surface area contributed by atoms with Gasteiger partial charge < -0.3 is 10.6 Å². The van der Waals surface area contributed by atoms with E-state index in [4.69, 9.17) is 0 Å². The number of carbonyl (C=O) groups is 2. The highest BCUT2D eigenvalue weighted by Crippen LogP contribution is 2.23. The topological polar surface area (TPSA) is 71.1 Å². The molecule has 1 aromatic rings. The maximum atomic E-state index is 12.1. The van der Waals surface area contributed by atoms with E-state index in [1.165, 1.54) is 11.8 Å². The van der Waals surface area contributed by atoms with Crippen molar-refractivity contribution in [2.75, 3.05) is 13.1 Å². The van der Waals surface area contributed by atoms with Gasteiger partial charge in [0.1, 0.15) is 5.03 Å². The predicted molar refractivity (Wildman–Crippen MR) is 80.9 cm³/mol. The molecule has 110 valence electrons. The molecule has 5 nitrogen and oxygen atoms in total. The summed E-state index contributed by atoms with van der Waals surface area (Å²) in [6.07, 6.45) is 2.53. The number of hydrogen-bond acceptors (Lipinski definition) is 4. The minimum Gasteiger partial charge on any atom is -0.355 e. The lowest BCUT2D eigenvalue weighted by molar-refractivity contribution is -0.120. The molecule has 0 saturated heterocycles. The van der Waals surface area contributed by atoms with E-state index in [1.54, 1.807) is 18.3 Å². The molecule has 6 heteroatoms. The summed E-state index contributed by atoms with van der Waals surface area (Å²) in [6.45, 7) is 6.66. The molecule has 0 saturated carbocycles. The van der Waals surface area contributed by atoms with Gasteiger partial charge >= 0.3 is 0 Å². The van der Waals surface area contributed by atoms with Crippen molar-refractivity contribution in [2.45, 2.75) is 37.5 Å². The quantitative estimate of drug-likeness (QED) is 0.753. The van der Waals surface area contributed by atoms with Crippen molar-refractivity contribution in [2.24, 2.45) is 0 Å². The Morgan fingerprint density at radius 3 is 2.75 bits per heavy atom. The average Bonchev–Trinajstić information content (AvgIpc) is 2.42. The van der Waals surface area contributed by atoms with Crippen LogP contribution in [0.3, 0.4) is 0 Å². The molecule has 0 aliphatic heterocycles. The van der Waals surface area contributed by atoms with Gasteiger partial charge in [-0.05, 0) is 18.6 Å². The highest BCUT2D eigenvalue weighted by Gasteiger charge is 2.14. The lowest BCUT2D eigenvalue weighted by Gasteiger charge is -2.10. The van der Waals surface area contributed by atoms with Crippen LogP contribution in [0.25, 0.3) is 0 Å². The standard InChI is InChI=1S/C14H21N3O2S/c1-4-7-15-12(18)9-17-13(19)11-6-5-8-16-14(11)20-10(2)3/h5-6,8,10H,4,7,9H2,1-3H3,(H,15,18)(H,17,19). The van der Waals surface area contributed by atoms with Gasteiger partial charge in [0.2, 0.25) is 5.91 Å². The normalized spacial score (nSPS) is 10.4. The van der Waals surface area contributed by atoms with Crippen LogP contribution in [0.2, 0.25) is 0 Å². The maximum absolute atomic E-state index is 12.1. The molecule has 0 aromatic carbocycles. The van der Waals surface area contributed by atoms with E-state index in [0.717, 1.165) is 6.42 Å². The number of hydrogen-bond donors (Lipinski definition) is 2. The van der Waals surface area contributed by atoms with Crippen molar-refractivity contribution in [3.8, 4) is 0 Å². The van der Waals surface area contributed by atoms with Crippen LogP contribution in [-0.4, -0.2) is 35.1 Å². The molecular weight excluding hydrogens is 274 g/mol. The van der Waals surface area contributed by atoms with E-state index in [1.807, 2.05) is 20.8 Å². The molecule has 0 unspecified atom stereocenters. The molecule has 0 fully saturated rings. The summed E-state index contributed by atoms with van der Waals surface area (Å²) in [5, 5.41) is 6.35. The fourth-order valence-corrected chi connectivity index (χ4v) is 2.32. The summed E-state index contributed by atoms with van der Waals surface area (Å²) in [4.78, 5) is 27.8. The third kappa shape index (κ3) is 5.61. The SMILES string of the molecule is CCCNC(=O)CNC(=O)c1cccnc1SC(C)C. The Hall–Kier alpha value is -1.56. The van der Waals surface area contributed by atoms with Crippen molar-refractivity contribution >= 4 is 23.6 Å². The largest absolute Gasteiger partial charge is 0.355 e. The number of nitrogens with zero attached hydrogens (tertiary/aromatic N) is 1. The second kappa shape index (κ2) is 8.58. The Balaban J connectivity index is 2.61. The molecular formula is C14H21N3O2S. The second-order valence-corrected chi connectivity index (χ2v) is 6.12. The van der Waals surface area contributed by atoms with Crippen molar-refractivity contribution in [3.05, 3.63) is 23.9 Å². The Labute approximate surface area is 123 Å². The Morgan fingerprint density at radius 1 is 1.35 bits per heavy atom. The summed E-state index contributed by atoms with van der Waals surface area (Å²) in [7, 11) is 0. The third-order valence-electron chi connectivity index (χ3n) is 2.34. The van der Waals surface area contributed by atoms with E-state index in [-0.39, 0.29) is 18.4 Å². The molecule has 0 atom stereocenters. The molecule has 0 aliphatic carbocycles. The summed E-state index contributed by atoms with van der Waals surface area (Å²) < 4.78 is 0. The molecule has 0 spiro atoms. The maximum Gasteiger partial charge on any atom is 0.254 e. The molecule has 1 aromatic heterocycles. The first-order valence-electron chi connectivity index (χ1n) is 6.71. The van der Waals surface area contributed by atoms with E-state index in [9.17, 15) is 9.59 Å². The van der Waals surface area contributed by atoms with E-state index < -0.39 is 0 Å². The molecule has 1 heterocycles. The fourth-order valence-electron chi connectivity index (χ4n) is 1.46. The molecule has 1 rings (SSSR count). The number of carbonyl (C=O) groups excluding carboxylic acids is 2. The summed E-state index contributed by atoms with van der Waals surface area (Å²) in [5.74, 6) is -0.449. The zero-order chi connectivity index (χ0) is 15.0. The Bertz CT molecular complexity index is 463. The van der Waals surface area contributed by atoms with Gasteiger partial charge in [-0.25, -0.2) is 4.98 Å². The molecule has 0 bridgehead atoms. The van der Waals surface area contributed by atoms with E-state index >= 15 is 0 Å². The van der Waals surface area contributed by atoms with Crippen LogP contribution in [0.15, 0.2) is 23.4 Å². The first-order chi connectivity index (χ1) is 9.54. The zero-order valence-electron chi connectivity index (χ0n) is 12.1. The van der Waals surface area contributed by atoms with Gasteiger partial charge in [0.05, 0.1) is 12.1 Å². The number of amides is 2. The zero-order valence-corrected chi connectivity index (χ0v) is 12.9. The van der Waals surface area contributed by atoms with Gasteiger partial charge in [0, 0.05) is 18.0 Å². The van der Waals surface area contributed by atoms with Crippen LogP contribution in [0.1, 0.15) is 37.6 Å². The van der Waals surface area contributed by atoms with Crippen LogP contribution >= 0.6 is 11.8 Å². The van der Waals surface area contributed by atoms with Crippen molar-refractivity contribution in [1.82, 2.24) is 15.6 Å². The van der Waals surface area contributed by atoms with Crippen LogP contribution in [0.4, 0.5) is 0 Å². The fraction of sp³-hybridized carbons (Fsp3) is 0.500. The molecule has 20 heavy (non-hydrogen) atoms. The Morgan fingerprint density at radius 2 is 2.10 bits per heavy atom. The first kappa shape index (κ1) is 16.5. The van der Waals surface area contributed by atoms with Gasteiger partial charge in [-0.3, -0.25) is 9.59 Å². The lowest BCUT2D eigenvalue weighted by Crippen LogP contribution is -2.37. The summed E-state index contributed by atoms with van der Waals surface area (Å²) in [5.41, 5.74) is 0.509. The van der Waals surface area contributed by atoms with Crippen LogP contribution in [0.5, 0.6) is 0 Å². The number of pyridine rings is 1. The number of rotatable bonds is 7. The summed E-state index contributed by atoms with van der Waals surface area (Å²) in [6, 6.07) is 3.44. The van der Waals surface area contributed by atoms with Gasteiger partial charge in [-0.2, -0.15) is 0 Å². The molecule has 2 N–H and O–H groups in total. The van der Waals surface area contributed by atoms with E-state index in [0.29, 0.717) is 22.4 Å². The van der Waals surface area contributed by atoms with E-state index in [2.05, 4.69) is 15.6 Å². The van der Waals surface area contributed by atoms with Crippen molar-refractivity contribution in [3.63, 3.8) is 0 Å². The van der Waals surface area contributed by atoms with Gasteiger partial charge in [0.25, 0.3) is 5.91 Å². The van der Waals surface area contributed by atoms with Gasteiger partial charge in [-0.1, -0.05) is 20.8 Å². The average molecular weight is 295 g/mol. The molecule has 0 radical (unpaired) electrons. The van der Waals surface area contributed by atoms with Gasteiger partial charge in [0.15, 0.2) is 0 Å². The third-order valence-corrected chi connectivity index (χ3v) is 3.36. The lowest BCUT2D eigenvalue weighted by atomic mass is 10.2. The first-order valence-corrected chi connectivity index (χ1v) is 7.59. The highest BCUT2D eigenvalue weighted by molar-refractivity contribution is 7.99. The minimum atomic E-state index is -0.270. The monoisotopic (exact) mass is 295 g/mol. The minimum absolute atomic E-state index is 0.0144. The van der Waals surface area contributed by atoms with Crippen molar-refractivity contribution < 1.29 is 9.59 Å². The second-order valence-electron chi connectivity index (χ2n) is 4.56. The van der Waals surface area contributed by atoms with Crippen molar-refractivity contribution in [1.29, 1.82) is 0 Å².